The van der Waals surface area contributed by atoms with E-state index in [-0.39, 0.29) is 5.71 Å². The van der Waals surface area contributed by atoms with Crippen LogP contribution in [0.2, 0.25) is 0 Å². The fourth-order valence-electron chi connectivity index (χ4n) is 0.649. The van der Waals surface area contributed by atoms with Crippen LogP contribution in [0.3, 0.4) is 0 Å². The summed E-state index contributed by atoms with van der Waals surface area (Å²) in [7, 11) is 0. The van der Waals surface area contributed by atoms with Crippen molar-refractivity contribution in [1.82, 2.24) is 9.97 Å². The van der Waals surface area contributed by atoms with Gasteiger partial charge in [-0.25, -0.2) is 9.97 Å². The first kappa shape index (κ1) is 8.86. The Hall–Kier alpha value is -1.23. The standard InChI is InChI=1S/C7H7BrN4/c8-6(1-9)7(10)5-2-11-4-12-3-5/h1-4,10H,9H2/b6-1+,10-7?. The van der Waals surface area contributed by atoms with Crippen molar-refractivity contribution in [2.45, 2.75) is 0 Å². The molecule has 0 aliphatic heterocycles. The maximum absolute atomic E-state index is 7.56. The van der Waals surface area contributed by atoms with Crippen molar-refractivity contribution < 1.29 is 0 Å². The monoisotopic (exact) mass is 226 g/mol. The van der Waals surface area contributed by atoms with E-state index in [0.717, 1.165) is 0 Å². The molecule has 3 N–H and O–H groups in total. The summed E-state index contributed by atoms with van der Waals surface area (Å²) >= 11 is 3.13. The summed E-state index contributed by atoms with van der Waals surface area (Å²) in [6.45, 7) is 0. The number of hydrogen-bond acceptors (Lipinski definition) is 4. The molecule has 0 amide bonds. The minimum absolute atomic E-state index is 0.276. The number of nitrogens with zero attached hydrogens (tertiary/aromatic N) is 2. The third-order valence-electron chi connectivity index (χ3n) is 1.23. The minimum atomic E-state index is 0.276. The molecule has 1 aromatic heterocycles. The Morgan fingerprint density at radius 3 is 2.58 bits per heavy atom. The zero-order chi connectivity index (χ0) is 8.97. The van der Waals surface area contributed by atoms with Gasteiger partial charge in [0.2, 0.25) is 0 Å². The van der Waals surface area contributed by atoms with Gasteiger partial charge in [-0.2, -0.15) is 0 Å². The van der Waals surface area contributed by atoms with E-state index in [1.165, 1.54) is 12.5 Å². The van der Waals surface area contributed by atoms with Crippen LogP contribution in [0.25, 0.3) is 0 Å². The van der Waals surface area contributed by atoms with Gasteiger partial charge in [0.05, 0.1) is 10.2 Å². The Bertz CT molecular complexity index is 306. The van der Waals surface area contributed by atoms with Gasteiger partial charge in [-0.15, -0.1) is 0 Å². The largest absolute Gasteiger partial charge is 0.404 e. The molecule has 0 spiro atoms. The minimum Gasteiger partial charge on any atom is -0.404 e. The highest BCUT2D eigenvalue weighted by Crippen LogP contribution is 2.10. The SMILES string of the molecule is N=C(/C(Br)=C\N)c1cncnc1. The second-order valence-electron chi connectivity index (χ2n) is 2.02. The topological polar surface area (TPSA) is 75.7 Å². The van der Waals surface area contributed by atoms with Crippen LogP contribution in [-0.2, 0) is 0 Å². The maximum Gasteiger partial charge on any atom is 0.115 e. The third-order valence-corrected chi connectivity index (χ3v) is 1.90. The van der Waals surface area contributed by atoms with Crippen molar-refractivity contribution in [2.24, 2.45) is 5.73 Å². The van der Waals surface area contributed by atoms with Crippen LogP contribution in [0, 0.1) is 5.41 Å². The van der Waals surface area contributed by atoms with E-state index in [4.69, 9.17) is 11.1 Å². The summed E-state index contributed by atoms with van der Waals surface area (Å²) in [5.41, 5.74) is 6.13. The number of aromatic nitrogens is 2. The molecule has 0 aliphatic rings. The van der Waals surface area contributed by atoms with Gasteiger partial charge >= 0.3 is 0 Å². The highest BCUT2D eigenvalue weighted by atomic mass is 79.9. The number of halogens is 1. The zero-order valence-electron chi connectivity index (χ0n) is 6.16. The normalized spacial score (nSPS) is 11.2. The molecular formula is C7H7BrN4. The number of nitrogens with two attached hydrogens (primary N) is 1. The highest BCUT2D eigenvalue weighted by Gasteiger charge is 2.03. The molecule has 62 valence electrons. The highest BCUT2D eigenvalue weighted by molar-refractivity contribution is 9.12. The average molecular weight is 227 g/mol. The van der Waals surface area contributed by atoms with Gasteiger partial charge in [0.15, 0.2) is 0 Å². The molecule has 0 unspecified atom stereocenters. The molecule has 0 aromatic carbocycles. The van der Waals surface area contributed by atoms with Gasteiger partial charge in [0, 0.05) is 24.2 Å². The van der Waals surface area contributed by atoms with Crippen molar-refractivity contribution in [3.05, 3.63) is 35.0 Å². The van der Waals surface area contributed by atoms with Crippen molar-refractivity contribution in [1.29, 1.82) is 5.41 Å². The lowest BCUT2D eigenvalue weighted by Crippen LogP contribution is -2.01. The molecule has 4 nitrogen and oxygen atoms in total. The molecule has 1 aromatic rings. The third kappa shape index (κ3) is 1.88. The van der Waals surface area contributed by atoms with Crippen molar-refractivity contribution >= 4 is 21.6 Å². The Morgan fingerprint density at radius 2 is 2.08 bits per heavy atom. The molecule has 12 heavy (non-hydrogen) atoms. The van der Waals surface area contributed by atoms with Gasteiger partial charge < -0.3 is 5.73 Å². The molecule has 0 aliphatic carbocycles. The average Bonchev–Trinajstić information content (AvgIpc) is 2.17. The summed E-state index contributed by atoms with van der Waals surface area (Å²) in [6.07, 6.45) is 5.84. The predicted octanol–water partition coefficient (Wildman–Crippen LogP) is 1.04. The Labute approximate surface area is 78.2 Å². The summed E-state index contributed by atoms with van der Waals surface area (Å²) in [5, 5.41) is 7.56. The van der Waals surface area contributed by atoms with Gasteiger partial charge in [-0.1, -0.05) is 0 Å². The summed E-state index contributed by atoms with van der Waals surface area (Å²) in [5.74, 6) is 0. The zero-order valence-corrected chi connectivity index (χ0v) is 7.75. The second-order valence-corrected chi connectivity index (χ2v) is 2.87. The van der Waals surface area contributed by atoms with Gasteiger partial charge in [-0.05, 0) is 15.9 Å². The Kier molecular flexibility index (Phi) is 2.93. The maximum atomic E-state index is 7.56. The van der Waals surface area contributed by atoms with Crippen LogP contribution in [0.1, 0.15) is 5.56 Å². The molecule has 0 bridgehead atoms. The van der Waals surface area contributed by atoms with Gasteiger partial charge in [-0.3, -0.25) is 5.41 Å². The number of nitrogens with one attached hydrogen (secondary N) is 1. The molecule has 0 saturated carbocycles. The summed E-state index contributed by atoms with van der Waals surface area (Å²) in [6, 6.07) is 0. The van der Waals surface area contributed by atoms with E-state index in [0.29, 0.717) is 10.0 Å². The van der Waals surface area contributed by atoms with Crippen LogP contribution < -0.4 is 5.73 Å². The van der Waals surface area contributed by atoms with Crippen LogP contribution in [0.4, 0.5) is 0 Å². The fourth-order valence-corrected chi connectivity index (χ4v) is 0.878. The number of allylic oxidation sites excluding steroid dienone is 1. The van der Waals surface area contributed by atoms with E-state index in [1.54, 1.807) is 12.4 Å². The van der Waals surface area contributed by atoms with Crippen LogP contribution in [0.15, 0.2) is 29.4 Å². The Morgan fingerprint density at radius 1 is 1.50 bits per heavy atom. The van der Waals surface area contributed by atoms with E-state index >= 15 is 0 Å². The van der Waals surface area contributed by atoms with Crippen LogP contribution >= 0.6 is 15.9 Å². The molecule has 0 fully saturated rings. The van der Waals surface area contributed by atoms with Gasteiger partial charge in [0.25, 0.3) is 0 Å². The first-order valence-electron chi connectivity index (χ1n) is 3.17. The summed E-state index contributed by atoms with van der Waals surface area (Å²) in [4.78, 5) is 7.56. The van der Waals surface area contributed by atoms with Crippen LogP contribution in [-0.4, -0.2) is 15.7 Å². The fraction of sp³-hybridized carbons (Fsp3) is 0. The van der Waals surface area contributed by atoms with Crippen molar-refractivity contribution in [3.63, 3.8) is 0 Å². The quantitative estimate of drug-likeness (QED) is 0.741. The summed E-state index contributed by atoms with van der Waals surface area (Å²) < 4.78 is 0.525. The first-order chi connectivity index (χ1) is 5.75. The van der Waals surface area contributed by atoms with Crippen LogP contribution in [0.5, 0.6) is 0 Å². The molecular weight excluding hydrogens is 220 g/mol. The van der Waals surface area contributed by atoms with E-state index in [1.807, 2.05) is 0 Å². The number of hydrogen-bond donors (Lipinski definition) is 2. The molecule has 1 heterocycles. The van der Waals surface area contributed by atoms with E-state index in [9.17, 15) is 0 Å². The lowest BCUT2D eigenvalue weighted by molar-refractivity contribution is 1.16. The lowest BCUT2D eigenvalue weighted by Gasteiger charge is -1.99. The van der Waals surface area contributed by atoms with E-state index < -0.39 is 0 Å². The molecule has 1 rings (SSSR count). The van der Waals surface area contributed by atoms with Crippen molar-refractivity contribution in [2.75, 3.05) is 0 Å². The smallest absolute Gasteiger partial charge is 0.115 e. The Balaban J connectivity index is 2.94. The molecule has 5 heteroatoms. The predicted molar refractivity (Wildman–Crippen MR) is 50.1 cm³/mol. The second kappa shape index (κ2) is 3.96. The molecule has 0 saturated heterocycles. The first-order valence-corrected chi connectivity index (χ1v) is 3.96. The molecule has 0 atom stereocenters. The number of rotatable bonds is 2. The van der Waals surface area contributed by atoms with Crippen molar-refractivity contribution in [3.8, 4) is 0 Å². The molecule has 0 radical (unpaired) electrons. The van der Waals surface area contributed by atoms with Gasteiger partial charge in [0.1, 0.15) is 6.33 Å². The van der Waals surface area contributed by atoms with E-state index in [2.05, 4.69) is 25.9 Å². The lowest BCUT2D eigenvalue weighted by atomic mass is 10.2.